The summed E-state index contributed by atoms with van der Waals surface area (Å²) in [6.45, 7) is 12.5. The van der Waals surface area contributed by atoms with Crippen molar-refractivity contribution in [3.05, 3.63) is 77.8 Å². The number of nitrogens with zero attached hydrogens (tertiary/aromatic N) is 3. The maximum absolute atomic E-state index is 6.22. The second-order valence-electron chi connectivity index (χ2n) is 6.54. The molecule has 1 aliphatic rings. The summed E-state index contributed by atoms with van der Waals surface area (Å²) in [5, 5.41) is 0. The van der Waals surface area contributed by atoms with Crippen molar-refractivity contribution in [3.8, 4) is 11.1 Å². The highest BCUT2D eigenvalue weighted by Crippen LogP contribution is 2.37. The summed E-state index contributed by atoms with van der Waals surface area (Å²) in [5.74, 6) is 0.427. The van der Waals surface area contributed by atoms with Crippen LogP contribution in [0.15, 0.2) is 66.0 Å². The smallest absolute Gasteiger partial charge is 0.205 e. The first-order valence-corrected chi connectivity index (χ1v) is 9.22. The maximum atomic E-state index is 6.22. The quantitative estimate of drug-likeness (QED) is 0.751. The van der Waals surface area contributed by atoms with Crippen LogP contribution < -0.4 is 5.73 Å². The van der Waals surface area contributed by atoms with Gasteiger partial charge >= 0.3 is 0 Å². The minimum Gasteiger partial charge on any atom is -0.369 e. The number of nitrogens with two attached hydrogens (primary N) is 1. The Bertz CT molecular complexity index is 980. The fourth-order valence-electron chi connectivity index (χ4n) is 3.37. The molecule has 4 heteroatoms. The molecule has 0 aliphatic carbocycles. The topological polar surface area (TPSA) is 54.5 Å². The number of pyridine rings is 1. The Labute approximate surface area is 161 Å². The average Bonchev–Trinajstić information content (AvgIpc) is 2.67. The number of allylic oxidation sites excluding steroid dienone is 3. The van der Waals surface area contributed by atoms with E-state index in [0.29, 0.717) is 5.96 Å². The van der Waals surface area contributed by atoms with E-state index in [4.69, 9.17) is 5.73 Å². The molecular formula is C23H26N4. The minimum atomic E-state index is 0.427. The van der Waals surface area contributed by atoms with Gasteiger partial charge in [-0.25, -0.2) is 4.99 Å². The number of rotatable bonds is 4. The lowest BCUT2D eigenvalue weighted by molar-refractivity contribution is 0.723. The van der Waals surface area contributed by atoms with Crippen molar-refractivity contribution >= 4 is 17.3 Å². The SMILES string of the molecule is C=C1c2cc(-c3cnc(CC)c(C)c3)ccc2N=C(N)N1C(/C=C\C)=C/C. The Morgan fingerprint density at radius 1 is 1.22 bits per heavy atom. The Morgan fingerprint density at radius 2 is 2.00 bits per heavy atom. The van der Waals surface area contributed by atoms with Gasteiger partial charge in [0.05, 0.1) is 11.4 Å². The van der Waals surface area contributed by atoms with Crippen LogP contribution in [0.25, 0.3) is 16.8 Å². The van der Waals surface area contributed by atoms with Crippen LogP contribution in [0.4, 0.5) is 5.69 Å². The van der Waals surface area contributed by atoms with Gasteiger partial charge in [-0.2, -0.15) is 0 Å². The van der Waals surface area contributed by atoms with Crippen molar-refractivity contribution in [2.75, 3.05) is 0 Å². The van der Waals surface area contributed by atoms with E-state index in [9.17, 15) is 0 Å². The van der Waals surface area contributed by atoms with Crippen LogP contribution in [0.3, 0.4) is 0 Å². The van der Waals surface area contributed by atoms with Gasteiger partial charge in [0.25, 0.3) is 0 Å². The summed E-state index contributed by atoms with van der Waals surface area (Å²) in [7, 11) is 0. The molecule has 0 fully saturated rings. The van der Waals surface area contributed by atoms with Gasteiger partial charge in [-0.3, -0.25) is 9.88 Å². The minimum absolute atomic E-state index is 0.427. The molecular weight excluding hydrogens is 332 g/mol. The van der Waals surface area contributed by atoms with Crippen LogP contribution in [0, 0.1) is 6.92 Å². The second kappa shape index (κ2) is 7.62. The highest BCUT2D eigenvalue weighted by Gasteiger charge is 2.24. The zero-order valence-electron chi connectivity index (χ0n) is 16.5. The molecule has 0 amide bonds. The van der Waals surface area contributed by atoms with Gasteiger partial charge in [-0.05, 0) is 62.6 Å². The molecule has 2 heterocycles. The molecule has 138 valence electrons. The molecule has 0 atom stereocenters. The lowest BCUT2D eigenvalue weighted by Gasteiger charge is -2.31. The van der Waals surface area contributed by atoms with Crippen LogP contribution in [0.1, 0.15) is 37.6 Å². The van der Waals surface area contributed by atoms with E-state index in [1.165, 1.54) is 5.56 Å². The summed E-state index contributed by atoms with van der Waals surface area (Å²) in [5.41, 5.74) is 14.3. The molecule has 27 heavy (non-hydrogen) atoms. The lowest BCUT2D eigenvalue weighted by atomic mass is 9.98. The number of aliphatic imine (C=N–C) groups is 1. The third-order valence-electron chi connectivity index (χ3n) is 4.79. The Hall–Kier alpha value is -3.14. The predicted molar refractivity (Wildman–Crippen MR) is 115 cm³/mol. The van der Waals surface area contributed by atoms with Crippen molar-refractivity contribution < 1.29 is 0 Å². The first kappa shape index (κ1) is 18.6. The van der Waals surface area contributed by atoms with Gasteiger partial charge < -0.3 is 5.73 Å². The number of hydrogen-bond acceptors (Lipinski definition) is 4. The number of benzene rings is 1. The van der Waals surface area contributed by atoms with Gasteiger partial charge in [0, 0.05) is 28.7 Å². The number of aromatic nitrogens is 1. The van der Waals surface area contributed by atoms with Crippen molar-refractivity contribution in [1.29, 1.82) is 0 Å². The Balaban J connectivity index is 2.07. The van der Waals surface area contributed by atoms with Crippen molar-refractivity contribution in [3.63, 3.8) is 0 Å². The van der Waals surface area contributed by atoms with Crippen molar-refractivity contribution in [2.45, 2.75) is 34.1 Å². The normalized spacial score (nSPS) is 14.5. The molecule has 1 aliphatic heterocycles. The molecule has 4 nitrogen and oxygen atoms in total. The van der Waals surface area contributed by atoms with Gasteiger partial charge in [0.1, 0.15) is 0 Å². The number of aryl methyl sites for hydroxylation is 2. The van der Waals surface area contributed by atoms with Gasteiger partial charge in [0.2, 0.25) is 5.96 Å². The molecule has 0 spiro atoms. The summed E-state index contributed by atoms with van der Waals surface area (Å²) in [4.78, 5) is 11.1. The summed E-state index contributed by atoms with van der Waals surface area (Å²) in [6, 6.07) is 8.36. The molecule has 0 saturated carbocycles. The third-order valence-corrected chi connectivity index (χ3v) is 4.79. The van der Waals surface area contributed by atoms with Gasteiger partial charge in [-0.15, -0.1) is 0 Å². The van der Waals surface area contributed by atoms with Crippen LogP contribution in [-0.4, -0.2) is 15.8 Å². The maximum Gasteiger partial charge on any atom is 0.205 e. The fourth-order valence-corrected chi connectivity index (χ4v) is 3.37. The zero-order chi connectivity index (χ0) is 19.6. The highest BCUT2D eigenvalue weighted by molar-refractivity contribution is 5.98. The van der Waals surface area contributed by atoms with Crippen molar-refractivity contribution in [2.24, 2.45) is 10.7 Å². The van der Waals surface area contributed by atoms with E-state index >= 15 is 0 Å². The van der Waals surface area contributed by atoms with Crippen LogP contribution in [0.5, 0.6) is 0 Å². The molecule has 2 N–H and O–H groups in total. The lowest BCUT2D eigenvalue weighted by Crippen LogP contribution is -2.36. The first-order chi connectivity index (χ1) is 13.0. The van der Waals surface area contributed by atoms with Gasteiger partial charge in [-0.1, -0.05) is 31.7 Å². The van der Waals surface area contributed by atoms with Crippen LogP contribution in [0.2, 0.25) is 0 Å². The summed E-state index contributed by atoms with van der Waals surface area (Å²) in [6.07, 6.45) is 8.85. The van der Waals surface area contributed by atoms with E-state index in [-0.39, 0.29) is 0 Å². The van der Waals surface area contributed by atoms with E-state index in [1.54, 1.807) is 0 Å². The molecule has 1 aromatic heterocycles. The Kier molecular flexibility index (Phi) is 5.26. The second-order valence-corrected chi connectivity index (χ2v) is 6.54. The standard InChI is InChI=1S/C23H26N4/c1-6-9-19(7-2)27-16(5)20-13-17(10-11-22(20)26-23(27)24)18-12-15(4)21(8-3)25-14-18/h6-7,9-14H,5,8H2,1-4H3,(H2,24,26)/b9-6-,19-7+. The summed E-state index contributed by atoms with van der Waals surface area (Å²) < 4.78 is 0. The number of fused-ring (bicyclic) bond motifs is 1. The van der Waals surface area contributed by atoms with E-state index in [0.717, 1.165) is 45.9 Å². The molecule has 0 saturated heterocycles. The zero-order valence-corrected chi connectivity index (χ0v) is 16.5. The molecule has 1 aromatic carbocycles. The molecule has 0 radical (unpaired) electrons. The van der Waals surface area contributed by atoms with Crippen molar-refractivity contribution in [1.82, 2.24) is 9.88 Å². The predicted octanol–water partition coefficient (Wildman–Crippen LogP) is 5.33. The number of guanidine groups is 1. The molecule has 2 aromatic rings. The monoisotopic (exact) mass is 358 g/mol. The fraction of sp³-hybridized carbons (Fsp3) is 0.217. The number of hydrogen-bond donors (Lipinski definition) is 1. The van der Waals surface area contributed by atoms with Crippen LogP contribution >= 0.6 is 0 Å². The van der Waals surface area contributed by atoms with Gasteiger partial charge in [0.15, 0.2) is 0 Å². The molecule has 0 unspecified atom stereocenters. The van der Waals surface area contributed by atoms with E-state index in [1.807, 2.05) is 49.2 Å². The van der Waals surface area contributed by atoms with E-state index in [2.05, 4.69) is 48.6 Å². The highest BCUT2D eigenvalue weighted by atomic mass is 15.3. The van der Waals surface area contributed by atoms with Crippen LogP contribution in [-0.2, 0) is 6.42 Å². The van der Waals surface area contributed by atoms with E-state index < -0.39 is 0 Å². The average molecular weight is 358 g/mol. The Morgan fingerprint density at radius 3 is 2.63 bits per heavy atom. The molecule has 3 rings (SSSR count). The third kappa shape index (κ3) is 3.43. The largest absolute Gasteiger partial charge is 0.369 e. The summed E-state index contributed by atoms with van der Waals surface area (Å²) >= 11 is 0. The first-order valence-electron chi connectivity index (χ1n) is 9.22. The molecule has 0 bridgehead atoms.